The Kier molecular flexibility index (Phi) is 4.11. The zero-order chi connectivity index (χ0) is 14.8. The highest BCUT2D eigenvalue weighted by atomic mass is 15.2. The molecule has 0 saturated carbocycles. The SMILES string of the molecule is CNCc1cnc(N2CCCC2C(C)C)c2ccccc12. The minimum atomic E-state index is 0.621. The predicted molar refractivity (Wildman–Crippen MR) is 89.7 cm³/mol. The van der Waals surface area contributed by atoms with E-state index in [2.05, 4.69) is 48.3 Å². The lowest BCUT2D eigenvalue weighted by molar-refractivity contribution is 0.490. The number of aromatic nitrogens is 1. The molecule has 0 spiro atoms. The van der Waals surface area contributed by atoms with Crippen LogP contribution in [0.3, 0.4) is 0 Å². The van der Waals surface area contributed by atoms with E-state index in [9.17, 15) is 0 Å². The van der Waals surface area contributed by atoms with Crippen LogP contribution in [0.5, 0.6) is 0 Å². The van der Waals surface area contributed by atoms with E-state index in [1.54, 1.807) is 0 Å². The van der Waals surface area contributed by atoms with Gasteiger partial charge in [-0.05, 0) is 36.8 Å². The lowest BCUT2D eigenvalue weighted by atomic mass is 10.0. The third-order valence-corrected chi connectivity index (χ3v) is 4.56. The number of anilines is 1. The molecule has 1 aromatic heterocycles. The maximum Gasteiger partial charge on any atom is 0.136 e. The van der Waals surface area contributed by atoms with Gasteiger partial charge in [-0.15, -0.1) is 0 Å². The van der Waals surface area contributed by atoms with E-state index in [0.717, 1.165) is 13.1 Å². The van der Waals surface area contributed by atoms with Crippen LogP contribution in [0.2, 0.25) is 0 Å². The van der Waals surface area contributed by atoms with Gasteiger partial charge in [-0.25, -0.2) is 4.98 Å². The number of hydrogen-bond acceptors (Lipinski definition) is 3. The highest BCUT2D eigenvalue weighted by Crippen LogP contribution is 2.34. The first-order valence-corrected chi connectivity index (χ1v) is 8.00. The molecule has 0 aliphatic carbocycles. The molecule has 1 aliphatic rings. The molecule has 21 heavy (non-hydrogen) atoms. The molecule has 0 radical (unpaired) electrons. The molecule has 3 rings (SSSR count). The maximum absolute atomic E-state index is 4.83. The Morgan fingerprint density at radius 2 is 2.05 bits per heavy atom. The van der Waals surface area contributed by atoms with Gasteiger partial charge in [-0.3, -0.25) is 0 Å². The third-order valence-electron chi connectivity index (χ3n) is 4.56. The van der Waals surface area contributed by atoms with E-state index in [4.69, 9.17) is 4.98 Å². The van der Waals surface area contributed by atoms with Crippen molar-refractivity contribution >= 4 is 16.6 Å². The highest BCUT2D eigenvalue weighted by molar-refractivity contribution is 5.94. The number of nitrogens with zero attached hydrogens (tertiary/aromatic N) is 2. The summed E-state index contributed by atoms with van der Waals surface area (Å²) in [5.41, 5.74) is 1.28. The number of fused-ring (bicyclic) bond motifs is 1. The molecule has 1 aromatic carbocycles. The summed E-state index contributed by atoms with van der Waals surface area (Å²) >= 11 is 0. The Morgan fingerprint density at radius 3 is 2.76 bits per heavy atom. The first kappa shape index (κ1) is 14.3. The van der Waals surface area contributed by atoms with Crippen molar-refractivity contribution in [1.29, 1.82) is 0 Å². The van der Waals surface area contributed by atoms with Gasteiger partial charge in [0.1, 0.15) is 5.82 Å². The van der Waals surface area contributed by atoms with Gasteiger partial charge in [-0.1, -0.05) is 38.1 Å². The van der Waals surface area contributed by atoms with Gasteiger partial charge in [0.25, 0.3) is 0 Å². The molecule has 1 saturated heterocycles. The molecule has 0 amide bonds. The van der Waals surface area contributed by atoms with Gasteiger partial charge in [0.05, 0.1) is 0 Å². The number of benzene rings is 1. The smallest absolute Gasteiger partial charge is 0.136 e. The summed E-state index contributed by atoms with van der Waals surface area (Å²) in [6, 6.07) is 9.29. The second-order valence-electron chi connectivity index (χ2n) is 6.33. The summed E-state index contributed by atoms with van der Waals surface area (Å²) < 4.78 is 0. The van der Waals surface area contributed by atoms with Crippen LogP contribution in [0.4, 0.5) is 5.82 Å². The summed E-state index contributed by atoms with van der Waals surface area (Å²) in [6.45, 7) is 6.63. The van der Waals surface area contributed by atoms with Crippen LogP contribution in [0.25, 0.3) is 10.8 Å². The van der Waals surface area contributed by atoms with Crippen molar-refractivity contribution in [2.24, 2.45) is 5.92 Å². The Bertz CT molecular complexity index is 621. The lowest BCUT2D eigenvalue weighted by Gasteiger charge is -2.30. The van der Waals surface area contributed by atoms with Crippen LogP contribution in [-0.4, -0.2) is 24.6 Å². The van der Waals surface area contributed by atoms with Crippen molar-refractivity contribution in [3.63, 3.8) is 0 Å². The molecule has 3 heteroatoms. The van der Waals surface area contributed by atoms with Crippen molar-refractivity contribution in [3.05, 3.63) is 36.0 Å². The molecule has 1 unspecified atom stereocenters. The number of rotatable bonds is 4. The van der Waals surface area contributed by atoms with Crippen LogP contribution in [0.15, 0.2) is 30.5 Å². The second-order valence-corrected chi connectivity index (χ2v) is 6.33. The quantitative estimate of drug-likeness (QED) is 0.929. The van der Waals surface area contributed by atoms with Crippen molar-refractivity contribution < 1.29 is 0 Å². The van der Waals surface area contributed by atoms with Crippen LogP contribution < -0.4 is 10.2 Å². The molecular formula is C18H25N3. The van der Waals surface area contributed by atoms with Gasteiger partial charge >= 0.3 is 0 Å². The van der Waals surface area contributed by atoms with Crippen LogP contribution in [-0.2, 0) is 6.54 Å². The fourth-order valence-electron chi connectivity index (χ4n) is 3.55. The Labute approximate surface area is 127 Å². The topological polar surface area (TPSA) is 28.2 Å². The highest BCUT2D eigenvalue weighted by Gasteiger charge is 2.29. The van der Waals surface area contributed by atoms with Gasteiger partial charge < -0.3 is 10.2 Å². The molecule has 1 aliphatic heterocycles. The van der Waals surface area contributed by atoms with E-state index < -0.39 is 0 Å². The van der Waals surface area contributed by atoms with Crippen molar-refractivity contribution in [2.75, 3.05) is 18.5 Å². The average Bonchev–Trinajstić information content (AvgIpc) is 2.97. The van der Waals surface area contributed by atoms with E-state index in [0.29, 0.717) is 12.0 Å². The van der Waals surface area contributed by atoms with Crippen molar-refractivity contribution in [3.8, 4) is 0 Å². The lowest BCUT2D eigenvalue weighted by Crippen LogP contribution is -2.34. The molecular weight excluding hydrogens is 258 g/mol. The monoisotopic (exact) mass is 283 g/mol. The van der Waals surface area contributed by atoms with Crippen LogP contribution in [0.1, 0.15) is 32.3 Å². The molecule has 1 N–H and O–H groups in total. The van der Waals surface area contributed by atoms with E-state index in [1.165, 1.54) is 35.0 Å². The Hall–Kier alpha value is -1.61. The van der Waals surface area contributed by atoms with Crippen LogP contribution in [0, 0.1) is 5.92 Å². The fourth-order valence-corrected chi connectivity index (χ4v) is 3.55. The molecule has 3 nitrogen and oxygen atoms in total. The summed E-state index contributed by atoms with van der Waals surface area (Å²) in [5.74, 6) is 1.84. The Morgan fingerprint density at radius 1 is 1.29 bits per heavy atom. The first-order chi connectivity index (χ1) is 10.2. The van der Waals surface area contributed by atoms with Gasteiger partial charge in [0, 0.05) is 30.7 Å². The number of nitrogens with one attached hydrogen (secondary N) is 1. The fraction of sp³-hybridized carbons (Fsp3) is 0.500. The van der Waals surface area contributed by atoms with Gasteiger partial charge in [-0.2, -0.15) is 0 Å². The summed E-state index contributed by atoms with van der Waals surface area (Å²) in [6.07, 6.45) is 4.60. The van der Waals surface area contributed by atoms with E-state index >= 15 is 0 Å². The third kappa shape index (κ3) is 2.62. The molecule has 2 heterocycles. The predicted octanol–water partition coefficient (Wildman–Crippen LogP) is 3.58. The second kappa shape index (κ2) is 6.02. The number of pyridine rings is 1. The number of hydrogen-bond donors (Lipinski definition) is 1. The summed E-state index contributed by atoms with van der Waals surface area (Å²) in [7, 11) is 1.98. The zero-order valence-electron chi connectivity index (χ0n) is 13.3. The molecule has 0 bridgehead atoms. The van der Waals surface area contributed by atoms with Crippen molar-refractivity contribution in [1.82, 2.24) is 10.3 Å². The molecule has 1 atom stereocenters. The maximum atomic E-state index is 4.83. The standard InChI is InChI=1S/C18H25N3/c1-13(2)17-9-6-10-21(17)18-16-8-5-4-7-15(16)14(11-19-3)12-20-18/h4-5,7-8,12-13,17,19H,6,9-11H2,1-3H3. The summed E-state index contributed by atoms with van der Waals surface area (Å²) in [5, 5.41) is 5.85. The summed E-state index contributed by atoms with van der Waals surface area (Å²) in [4.78, 5) is 7.35. The van der Waals surface area contributed by atoms with Gasteiger partial charge in [0.15, 0.2) is 0 Å². The largest absolute Gasteiger partial charge is 0.353 e. The zero-order valence-corrected chi connectivity index (χ0v) is 13.3. The molecule has 112 valence electrons. The normalized spacial score (nSPS) is 18.9. The Balaban J connectivity index is 2.09. The molecule has 2 aromatic rings. The van der Waals surface area contributed by atoms with E-state index in [1.807, 2.05) is 13.2 Å². The van der Waals surface area contributed by atoms with Gasteiger partial charge in [0.2, 0.25) is 0 Å². The average molecular weight is 283 g/mol. The molecule has 1 fully saturated rings. The minimum absolute atomic E-state index is 0.621. The van der Waals surface area contributed by atoms with Crippen LogP contribution >= 0.6 is 0 Å². The van der Waals surface area contributed by atoms with Crippen molar-refractivity contribution in [2.45, 2.75) is 39.3 Å². The van der Waals surface area contributed by atoms with E-state index in [-0.39, 0.29) is 0 Å². The first-order valence-electron chi connectivity index (χ1n) is 8.00. The minimum Gasteiger partial charge on any atom is -0.353 e.